The molecule has 2 fully saturated rings. The molecule has 0 radical (unpaired) electrons. The van der Waals surface area contributed by atoms with Gasteiger partial charge in [0, 0.05) is 43.2 Å². The third-order valence-electron chi connectivity index (χ3n) is 4.21. The molecule has 1 aliphatic carbocycles. The summed E-state index contributed by atoms with van der Waals surface area (Å²) in [6.07, 6.45) is 2.86. The second-order valence-corrected chi connectivity index (χ2v) is 6.06. The van der Waals surface area contributed by atoms with Gasteiger partial charge in [0.05, 0.1) is 0 Å². The molecule has 0 atom stereocenters. The topological polar surface area (TPSA) is 6.48 Å². The molecular formula is C15H21BrN2. The number of piperazine rings is 1. The van der Waals surface area contributed by atoms with Gasteiger partial charge >= 0.3 is 0 Å². The maximum atomic E-state index is 3.54. The Morgan fingerprint density at radius 2 is 1.89 bits per heavy atom. The van der Waals surface area contributed by atoms with Crippen molar-refractivity contribution in [2.24, 2.45) is 0 Å². The zero-order valence-electron chi connectivity index (χ0n) is 11.0. The minimum Gasteiger partial charge on any atom is -0.369 e. The lowest BCUT2D eigenvalue weighted by molar-refractivity contribution is 0.248. The van der Waals surface area contributed by atoms with Gasteiger partial charge in [-0.15, -0.1) is 0 Å². The maximum absolute atomic E-state index is 3.54. The Morgan fingerprint density at radius 3 is 2.44 bits per heavy atom. The molecule has 98 valence electrons. The van der Waals surface area contributed by atoms with E-state index in [2.05, 4.69) is 50.9 Å². The average Bonchev–Trinajstić information content (AvgIpc) is 3.23. The van der Waals surface area contributed by atoms with E-state index in [1.165, 1.54) is 55.8 Å². The molecule has 1 aliphatic heterocycles. The van der Waals surface area contributed by atoms with Gasteiger partial charge in [-0.1, -0.05) is 22.0 Å². The second kappa shape index (κ2) is 5.22. The van der Waals surface area contributed by atoms with E-state index < -0.39 is 0 Å². The summed E-state index contributed by atoms with van der Waals surface area (Å²) in [7, 11) is 0. The molecule has 0 unspecified atom stereocenters. The van der Waals surface area contributed by atoms with Gasteiger partial charge in [0.25, 0.3) is 0 Å². The third kappa shape index (κ3) is 2.57. The summed E-state index contributed by atoms with van der Waals surface area (Å²) in [5.74, 6) is 0. The Labute approximate surface area is 118 Å². The van der Waals surface area contributed by atoms with Gasteiger partial charge < -0.3 is 4.90 Å². The standard InChI is InChI=1S/C15H21BrN2/c1-12-10-15(3-2-13(12)11-16)18-8-6-17(7-9-18)14-4-5-14/h2-3,10,14H,4-9,11H2,1H3. The van der Waals surface area contributed by atoms with Crippen LogP contribution < -0.4 is 4.90 Å². The fourth-order valence-corrected chi connectivity index (χ4v) is 3.44. The van der Waals surface area contributed by atoms with Crippen molar-refractivity contribution in [3.63, 3.8) is 0 Å². The van der Waals surface area contributed by atoms with Crippen LogP contribution in [0.2, 0.25) is 0 Å². The minimum atomic E-state index is 0.921. The van der Waals surface area contributed by atoms with E-state index in [-0.39, 0.29) is 0 Å². The van der Waals surface area contributed by atoms with Crippen LogP contribution in [-0.2, 0) is 5.33 Å². The number of hydrogen-bond acceptors (Lipinski definition) is 2. The molecule has 0 aromatic heterocycles. The van der Waals surface area contributed by atoms with E-state index in [9.17, 15) is 0 Å². The summed E-state index contributed by atoms with van der Waals surface area (Å²) >= 11 is 3.54. The molecule has 0 bridgehead atoms. The summed E-state index contributed by atoms with van der Waals surface area (Å²) in [5, 5.41) is 0.953. The van der Waals surface area contributed by atoms with E-state index in [1.54, 1.807) is 0 Å². The Morgan fingerprint density at radius 1 is 1.17 bits per heavy atom. The molecule has 1 aromatic carbocycles. The van der Waals surface area contributed by atoms with Crippen LogP contribution >= 0.6 is 15.9 Å². The molecule has 1 saturated heterocycles. The van der Waals surface area contributed by atoms with Crippen LogP contribution in [0.3, 0.4) is 0 Å². The smallest absolute Gasteiger partial charge is 0.0369 e. The van der Waals surface area contributed by atoms with Crippen molar-refractivity contribution in [3.05, 3.63) is 29.3 Å². The number of benzene rings is 1. The summed E-state index contributed by atoms with van der Waals surface area (Å²) in [6.45, 7) is 7.06. The Kier molecular flexibility index (Phi) is 3.62. The molecule has 1 aromatic rings. The molecule has 0 N–H and O–H groups in total. The van der Waals surface area contributed by atoms with Crippen molar-refractivity contribution < 1.29 is 0 Å². The highest BCUT2D eigenvalue weighted by Crippen LogP contribution is 2.29. The Bertz CT molecular complexity index is 421. The van der Waals surface area contributed by atoms with E-state index in [4.69, 9.17) is 0 Å². The molecule has 2 nitrogen and oxygen atoms in total. The van der Waals surface area contributed by atoms with Crippen LogP contribution in [0.1, 0.15) is 24.0 Å². The summed E-state index contributed by atoms with van der Waals surface area (Å²) in [5.41, 5.74) is 4.19. The van der Waals surface area contributed by atoms with Crippen molar-refractivity contribution in [2.45, 2.75) is 31.1 Å². The fraction of sp³-hybridized carbons (Fsp3) is 0.600. The summed E-state index contributed by atoms with van der Waals surface area (Å²) < 4.78 is 0. The van der Waals surface area contributed by atoms with E-state index in [0.717, 1.165) is 11.4 Å². The summed E-state index contributed by atoms with van der Waals surface area (Å²) in [4.78, 5) is 5.19. The number of nitrogens with zero attached hydrogens (tertiary/aromatic N) is 2. The van der Waals surface area contributed by atoms with Crippen LogP contribution in [0.5, 0.6) is 0 Å². The van der Waals surface area contributed by atoms with Crippen LogP contribution in [0, 0.1) is 6.92 Å². The third-order valence-corrected chi connectivity index (χ3v) is 4.82. The average molecular weight is 309 g/mol. The molecular weight excluding hydrogens is 288 g/mol. The number of alkyl halides is 1. The quantitative estimate of drug-likeness (QED) is 0.791. The van der Waals surface area contributed by atoms with Gasteiger partial charge in [-0.3, -0.25) is 4.90 Å². The predicted octanol–water partition coefficient (Wildman–Crippen LogP) is 3.17. The maximum Gasteiger partial charge on any atom is 0.0369 e. The first kappa shape index (κ1) is 12.5. The van der Waals surface area contributed by atoms with Crippen LogP contribution in [0.25, 0.3) is 0 Å². The number of anilines is 1. The van der Waals surface area contributed by atoms with Crippen LogP contribution in [0.4, 0.5) is 5.69 Å². The highest BCUT2D eigenvalue weighted by Gasteiger charge is 2.31. The minimum absolute atomic E-state index is 0.921. The molecule has 0 amide bonds. The van der Waals surface area contributed by atoms with E-state index in [0.29, 0.717) is 0 Å². The van der Waals surface area contributed by atoms with E-state index >= 15 is 0 Å². The molecule has 2 aliphatic rings. The molecule has 3 heteroatoms. The van der Waals surface area contributed by atoms with Gasteiger partial charge in [-0.25, -0.2) is 0 Å². The fourth-order valence-electron chi connectivity index (χ4n) is 2.81. The molecule has 18 heavy (non-hydrogen) atoms. The first-order chi connectivity index (χ1) is 8.78. The van der Waals surface area contributed by atoms with Crippen molar-refractivity contribution in [3.8, 4) is 0 Å². The van der Waals surface area contributed by atoms with Crippen molar-refractivity contribution >= 4 is 21.6 Å². The largest absolute Gasteiger partial charge is 0.369 e. The monoisotopic (exact) mass is 308 g/mol. The SMILES string of the molecule is Cc1cc(N2CCN(C3CC3)CC2)ccc1CBr. The molecule has 1 heterocycles. The predicted molar refractivity (Wildman–Crippen MR) is 80.6 cm³/mol. The normalized spacial score (nSPS) is 21.3. The van der Waals surface area contributed by atoms with Gasteiger partial charge in [-0.05, 0) is 43.0 Å². The zero-order chi connectivity index (χ0) is 12.5. The molecule has 3 rings (SSSR count). The Hall–Kier alpha value is -0.540. The number of rotatable bonds is 3. The van der Waals surface area contributed by atoms with Crippen LogP contribution in [-0.4, -0.2) is 37.1 Å². The van der Waals surface area contributed by atoms with Crippen molar-refractivity contribution in [1.29, 1.82) is 0 Å². The van der Waals surface area contributed by atoms with Gasteiger partial charge in [-0.2, -0.15) is 0 Å². The molecule has 0 spiro atoms. The highest BCUT2D eigenvalue weighted by atomic mass is 79.9. The lowest BCUT2D eigenvalue weighted by atomic mass is 10.1. The zero-order valence-corrected chi connectivity index (χ0v) is 12.6. The van der Waals surface area contributed by atoms with Crippen molar-refractivity contribution in [2.75, 3.05) is 31.1 Å². The Balaban J connectivity index is 1.66. The first-order valence-corrected chi connectivity index (χ1v) is 8.04. The van der Waals surface area contributed by atoms with Gasteiger partial charge in [0.1, 0.15) is 0 Å². The van der Waals surface area contributed by atoms with Gasteiger partial charge in [0.15, 0.2) is 0 Å². The number of halogens is 1. The second-order valence-electron chi connectivity index (χ2n) is 5.50. The lowest BCUT2D eigenvalue weighted by Gasteiger charge is -2.36. The van der Waals surface area contributed by atoms with Crippen molar-refractivity contribution in [1.82, 2.24) is 4.90 Å². The first-order valence-electron chi connectivity index (χ1n) is 6.92. The summed E-state index contributed by atoms with van der Waals surface area (Å²) in [6, 6.07) is 7.79. The van der Waals surface area contributed by atoms with Crippen LogP contribution in [0.15, 0.2) is 18.2 Å². The molecule has 1 saturated carbocycles. The number of aryl methyl sites for hydroxylation is 1. The number of hydrogen-bond donors (Lipinski definition) is 0. The lowest BCUT2D eigenvalue weighted by Crippen LogP contribution is -2.47. The van der Waals surface area contributed by atoms with E-state index in [1.807, 2.05) is 0 Å². The van der Waals surface area contributed by atoms with Gasteiger partial charge in [0.2, 0.25) is 0 Å². The highest BCUT2D eigenvalue weighted by molar-refractivity contribution is 9.08.